The maximum absolute atomic E-state index is 10.0. The van der Waals surface area contributed by atoms with Gasteiger partial charge in [-0.25, -0.2) is 0 Å². The number of imidazole rings is 1. The lowest BCUT2D eigenvalue weighted by Gasteiger charge is -2.15. The number of benzene rings is 4. The summed E-state index contributed by atoms with van der Waals surface area (Å²) in [6, 6.07) is 29.9. The van der Waals surface area contributed by atoms with Gasteiger partial charge in [0, 0.05) is 5.39 Å². The SMILES string of the molecule is O[C@@H]1CO[C@H]2[C@@H]1OC[C@H]2Oc1nc2c(cc(-c3ccc(-c4ccccc4)cc3)c3ccccc32)[nH]1. The minimum atomic E-state index is -0.607. The fraction of sp³-hybridized carbons (Fsp3) is 0.207. The second kappa shape index (κ2) is 8.20. The first kappa shape index (κ1) is 20.6. The molecule has 0 saturated carbocycles. The molecule has 0 aliphatic carbocycles. The first-order valence-electron chi connectivity index (χ1n) is 11.9. The molecular weight excluding hydrogens is 440 g/mol. The molecule has 2 aliphatic heterocycles. The maximum atomic E-state index is 10.0. The zero-order chi connectivity index (χ0) is 23.4. The first-order chi connectivity index (χ1) is 17.2. The van der Waals surface area contributed by atoms with Crippen molar-refractivity contribution in [2.24, 2.45) is 0 Å². The standard InChI is InChI=1S/C29H24N2O4/c32-24-15-33-28-25(16-34-27(24)28)35-29-30-23-14-22(20-8-4-5-9-21(20)26(23)31-29)19-12-10-18(11-13-19)17-6-2-1-3-7-17/h1-14,24-25,27-28,32H,15-16H2,(H,30,31)/t24-,25-,27-,28-/m1/s1. The molecule has 174 valence electrons. The Kier molecular flexibility index (Phi) is 4.84. The van der Waals surface area contributed by atoms with E-state index < -0.39 is 6.10 Å². The number of nitrogens with zero attached hydrogens (tertiary/aromatic N) is 1. The summed E-state index contributed by atoms with van der Waals surface area (Å²) in [5.41, 5.74) is 6.43. The van der Waals surface area contributed by atoms with Crippen LogP contribution in [0.4, 0.5) is 0 Å². The highest BCUT2D eigenvalue weighted by Crippen LogP contribution is 2.36. The number of fused-ring (bicyclic) bond motifs is 4. The lowest BCUT2D eigenvalue weighted by Crippen LogP contribution is -2.34. The summed E-state index contributed by atoms with van der Waals surface area (Å²) in [6.45, 7) is 0.635. The third-order valence-electron chi connectivity index (χ3n) is 7.02. The molecule has 2 N–H and O–H groups in total. The summed E-state index contributed by atoms with van der Waals surface area (Å²) in [4.78, 5) is 8.12. The van der Waals surface area contributed by atoms with Gasteiger partial charge in [0.2, 0.25) is 0 Å². The number of aromatic amines is 1. The van der Waals surface area contributed by atoms with E-state index in [-0.39, 0.29) is 24.9 Å². The Balaban J connectivity index is 1.26. The molecule has 0 spiro atoms. The zero-order valence-electron chi connectivity index (χ0n) is 18.9. The average molecular weight is 465 g/mol. The highest BCUT2D eigenvalue weighted by molar-refractivity contribution is 6.11. The highest BCUT2D eigenvalue weighted by Gasteiger charge is 2.48. The molecule has 35 heavy (non-hydrogen) atoms. The van der Waals surface area contributed by atoms with Gasteiger partial charge >= 0.3 is 0 Å². The van der Waals surface area contributed by atoms with Crippen LogP contribution in [-0.4, -0.2) is 52.7 Å². The van der Waals surface area contributed by atoms with Gasteiger partial charge in [-0.2, -0.15) is 4.98 Å². The predicted molar refractivity (Wildman–Crippen MR) is 134 cm³/mol. The van der Waals surface area contributed by atoms with Crippen molar-refractivity contribution in [3.05, 3.63) is 84.9 Å². The third-order valence-corrected chi connectivity index (χ3v) is 7.02. The van der Waals surface area contributed by atoms with E-state index in [9.17, 15) is 5.11 Å². The Morgan fingerprint density at radius 2 is 1.46 bits per heavy atom. The van der Waals surface area contributed by atoms with Crippen LogP contribution < -0.4 is 4.74 Å². The maximum Gasteiger partial charge on any atom is 0.295 e. The average Bonchev–Trinajstić information content (AvgIpc) is 3.61. The van der Waals surface area contributed by atoms with Gasteiger partial charge < -0.3 is 24.3 Å². The zero-order valence-corrected chi connectivity index (χ0v) is 18.9. The van der Waals surface area contributed by atoms with Crippen LogP contribution in [0.15, 0.2) is 84.9 Å². The van der Waals surface area contributed by atoms with Crippen LogP contribution in [-0.2, 0) is 9.47 Å². The number of ether oxygens (including phenoxy) is 3. The molecule has 4 atom stereocenters. The van der Waals surface area contributed by atoms with Gasteiger partial charge in [0.15, 0.2) is 6.10 Å². The number of hydrogen-bond donors (Lipinski definition) is 2. The molecule has 3 heterocycles. The molecule has 2 aliphatic rings. The van der Waals surface area contributed by atoms with Crippen molar-refractivity contribution in [1.82, 2.24) is 9.97 Å². The number of aliphatic hydroxyl groups is 1. The first-order valence-corrected chi connectivity index (χ1v) is 11.9. The van der Waals surface area contributed by atoms with E-state index in [2.05, 4.69) is 77.8 Å². The van der Waals surface area contributed by atoms with Crippen LogP contribution in [0.2, 0.25) is 0 Å². The number of H-pyrrole nitrogens is 1. The Bertz CT molecular complexity index is 1510. The highest BCUT2D eigenvalue weighted by atomic mass is 16.6. The van der Waals surface area contributed by atoms with Crippen LogP contribution in [0.5, 0.6) is 6.01 Å². The van der Waals surface area contributed by atoms with Crippen molar-refractivity contribution in [1.29, 1.82) is 0 Å². The molecule has 6 nitrogen and oxygen atoms in total. The predicted octanol–water partition coefficient (Wildman–Crippen LogP) is 4.96. The van der Waals surface area contributed by atoms with E-state index in [0.29, 0.717) is 12.6 Å². The minimum Gasteiger partial charge on any atom is -0.456 e. The molecular formula is C29H24N2O4. The molecule has 4 aromatic carbocycles. The van der Waals surface area contributed by atoms with E-state index in [1.54, 1.807) is 0 Å². The summed E-state index contributed by atoms with van der Waals surface area (Å²) in [7, 11) is 0. The van der Waals surface area contributed by atoms with Crippen molar-refractivity contribution in [2.75, 3.05) is 13.2 Å². The van der Waals surface area contributed by atoms with Crippen LogP contribution >= 0.6 is 0 Å². The summed E-state index contributed by atoms with van der Waals surface area (Å²) in [6.07, 6.45) is -1.54. The van der Waals surface area contributed by atoms with Gasteiger partial charge in [-0.15, -0.1) is 0 Å². The number of rotatable bonds is 4. The summed E-state index contributed by atoms with van der Waals surface area (Å²) in [5, 5.41) is 12.2. The smallest absolute Gasteiger partial charge is 0.295 e. The monoisotopic (exact) mass is 464 g/mol. The van der Waals surface area contributed by atoms with E-state index in [4.69, 9.17) is 19.2 Å². The fourth-order valence-corrected chi connectivity index (χ4v) is 5.28. The normalized spacial score (nSPS) is 23.7. The van der Waals surface area contributed by atoms with E-state index in [1.807, 2.05) is 12.1 Å². The van der Waals surface area contributed by atoms with Gasteiger partial charge in [-0.3, -0.25) is 0 Å². The van der Waals surface area contributed by atoms with Gasteiger partial charge in [0.25, 0.3) is 6.01 Å². The van der Waals surface area contributed by atoms with Crippen molar-refractivity contribution in [3.8, 4) is 28.3 Å². The molecule has 2 fully saturated rings. The summed E-state index contributed by atoms with van der Waals surface area (Å²) >= 11 is 0. The molecule has 1 aromatic heterocycles. The van der Waals surface area contributed by atoms with Crippen molar-refractivity contribution in [2.45, 2.75) is 24.4 Å². The van der Waals surface area contributed by atoms with E-state index in [1.165, 1.54) is 11.1 Å². The number of hydrogen-bond acceptors (Lipinski definition) is 5. The summed E-state index contributed by atoms with van der Waals surface area (Å²) < 4.78 is 17.5. The molecule has 0 amide bonds. The largest absolute Gasteiger partial charge is 0.456 e. The lowest BCUT2D eigenvalue weighted by molar-refractivity contribution is 0.00706. The molecule has 0 bridgehead atoms. The molecule has 0 radical (unpaired) electrons. The third kappa shape index (κ3) is 3.49. The van der Waals surface area contributed by atoms with Crippen LogP contribution in [0, 0.1) is 0 Å². The Morgan fingerprint density at radius 1 is 0.771 bits per heavy atom. The quantitative estimate of drug-likeness (QED) is 0.393. The van der Waals surface area contributed by atoms with Gasteiger partial charge in [-0.05, 0) is 33.7 Å². The second-order valence-corrected chi connectivity index (χ2v) is 9.17. The number of aliphatic hydroxyl groups excluding tert-OH is 1. The number of nitrogens with one attached hydrogen (secondary N) is 1. The summed E-state index contributed by atoms with van der Waals surface area (Å²) in [5.74, 6) is 0. The number of aromatic nitrogens is 2. The molecule has 0 unspecified atom stereocenters. The van der Waals surface area contributed by atoms with Crippen molar-refractivity contribution < 1.29 is 19.3 Å². The molecule has 7 rings (SSSR count). The lowest BCUT2D eigenvalue weighted by atomic mass is 9.95. The van der Waals surface area contributed by atoms with Gasteiger partial charge in [0.1, 0.15) is 23.8 Å². The fourth-order valence-electron chi connectivity index (χ4n) is 5.28. The Hall–Kier alpha value is -3.71. The molecule has 5 aromatic rings. The van der Waals surface area contributed by atoms with Crippen molar-refractivity contribution >= 4 is 21.8 Å². The van der Waals surface area contributed by atoms with E-state index in [0.717, 1.165) is 32.9 Å². The van der Waals surface area contributed by atoms with Crippen molar-refractivity contribution in [3.63, 3.8) is 0 Å². The van der Waals surface area contributed by atoms with Crippen LogP contribution in [0.1, 0.15) is 0 Å². The van der Waals surface area contributed by atoms with Crippen LogP contribution in [0.25, 0.3) is 44.1 Å². The molecule has 6 heteroatoms. The molecule has 2 saturated heterocycles. The Labute approximate surface area is 202 Å². The Morgan fingerprint density at radius 3 is 2.29 bits per heavy atom. The second-order valence-electron chi connectivity index (χ2n) is 9.17. The topological polar surface area (TPSA) is 76.6 Å². The van der Waals surface area contributed by atoms with Gasteiger partial charge in [0.05, 0.1) is 18.7 Å². The van der Waals surface area contributed by atoms with Gasteiger partial charge in [-0.1, -0.05) is 78.9 Å². The van der Waals surface area contributed by atoms with Crippen LogP contribution in [0.3, 0.4) is 0 Å². The minimum absolute atomic E-state index is 0.270. The van der Waals surface area contributed by atoms with E-state index >= 15 is 0 Å².